The van der Waals surface area contributed by atoms with Crippen LogP contribution in [0.4, 0.5) is 0 Å². The van der Waals surface area contributed by atoms with E-state index in [1.165, 1.54) is 0 Å². The number of rotatable bonds is 2. The molecule has 6 nitrogen and oxygen atoms in total. The molecule has 2 heterocycles. The number of nitrogens with one attached hydrogen (secondary N) is 1. The lowest BCUT2D eigenvalue weighted by Gasteiger charge is -2.35. The molecule has 1 aliphatic heterocycles. The Hall–Kier alpha value is -2.67. The number of nitrogens with zero attached hydrogens (tertiary/aromatic N) is 3. The number of hydrogen-bond donors (Lipinski definition) is 1. The molecule has 2 aromatic carbocycles. The smallest absolute Gasteiger partial charge is 0.254 e. The molecule has 0 radical (unpaired) electrons. The van der Waals surface area contributed by atoms with Crippen LogP contribution in [0.25, 0.3) is 11.0 Å². The molecule has 0 spiro atoms. The van der Waals surface area contributed by atoms with Gasteiger partial charge in [0, 0.05) is 41.8 Å². The van der Waals surface area contributed by atoms with E-state index in [4.69, 9.17) is 0 Å². The van der Waals surface area contributed by atoms with Crippen molar-refractivity contribution >= 4 is 38.8 Å². The third-order valence-electron chi connectivity index (χ3n) is 4.59. The van der Waals surface area contributed by atoms with Crippen LogP contribution in [-0.2, 0) is 0 Å². The molecule has 1 N–H and O–H groups in total. The molecule has 7 heteroatoms. The van der Waals surface area contributed by atoms with E-state index in [-0.39, 0.29) is 11.8 Å². The minimum absolute atomic E-state index is 0.00252. The highest BCUT2D eigenvalue weighted by molar-refractivity contribution is 9.10. The summed E-state index contributed by atoms with van der Waals surface area (Å²) in [6.45, 7) is 2.12. The fourth-order valence-corrected chi connectivity index (χ4v) is 3.57. The van der Waals surface area contributed by atoms with Crippen molar-refractivity contribution < 1.29 is 9.59 Å². The molecule has 0 bridgehead atoms. The van der Waals surface area contributed by atoms with Gasteiger partial charge in [-0.25, -0.2) is 4.98 Å². The highest BCUT2D eigenvalue weighted by atomic mass is 79.9. The van der Waals surface area contributed by atoms with Gasteiger partial charge < -0.3 is 14.8 Å². The molecule has 0 aliphatic carbocycles. The lowest BCUT2D eigenvalue weighted by molar-refractivity contribution is 0.0535. The lowest BCUT2D eigenvalue weighted by atomic mass is 10.1. The summed E-state index contributed by atoms with van der Waals surface area (Å²) < 4.78 is 0.881. The number of fused-ring (bicyclic) bond motifs is 1. The van der Waals surface area contributed by atoms with E-state index in [9.17, 15) is 9.59 Å². The van der Waals surface area contributed by atoms with E-state index < -0.39 is 0 Å². The van der Waals surface area contributed by atoms with Crippen molar-refractivity contribution in [3.8, 4) is 0 Å². The molecular weight excluding hydrogens is 396 g/mol. The minimum atomic E-state index is -0.0175. The summed E-state index contributed by atoms with van der Waals surface area (Å²) in [7, 11) is 0. The maximum absolute atomic E-state index is 12.7. The van der Waals surface area contributed by atoms with Crippen LogP contribution < -0.4 is 0 Å². The first-order valence-corrected chi connectivity index (χ1v) is 9.18. The third-order valence-corrected chi connectivity index (χ3v) is 5.09. The summed E-state index contributed by atoms with van der Waals surface area (Å²) >= 11 is 3.39. The van der Waals surface area contributed by atoms with Crippen molar-refractivity contribution in [3.63, 3.8) is 0 Å². The van der Waals surface area contributed by atoms with E-state index >= 15 is 0 Å². The number of piperazine rings is 1. The molecular formula is C19H17BrN4O2. The Bertz CT molecular complexity index is 976. The normalized spacial score (nSPS) is 14.7. The van der Waals surface area contributed by atoms with Gasteiger partial charge in [0.05, 0.1) is 17.4 Å². The second-order valence-corrected chi connectivity index (χ2v) is 7.14. The van der Waals surface area contributed by atoms with Crippen LogP contribution >= 0.6 is 15.9 Å². The van der Waals surface area contributed by atoms with E-state index in [0.717, 1.165) is 15.5 Å². The highest BCUT2D eigenvalue weighted by Gasteiger charge is 2.25. The summed E-state index contributed by atoms with van der Waals surface area (Å²) in [4.78, 5) is 36.1. The van der Waals surface area contributed by atoms with Crippen molar-refractivity contribution in [2.24, 2.45) is 0 Å². The Balaban J connectivity index is 1.42. The summed E-state index contributed by atoms with van der Waals surface area (Å²) in [6.07, 6.45) is 1.62. The van der Waals surface area contributed by atoms with Crippen LogP contribution in [0, 0.1) is 0 Å². The zero-order valence-corrected chi connectivity index (χ0v) is 15.6. The van der Waals surface area contributed by atoms with Gasteiger partial charge in [0.1, 0.15) is 0 Å². The first kappa shape index (κ1) is 16.8. The largest absolute Gasteiger partial charge is 0.345 e. The maximum atomic E-state index is 12.7. The van der Waals surface area contributed by atoms with Gasteiger partial charge in [-0.15, -0.1) is 0 Å². The number of amides is 2. The van der Waals surface area contributed by atoms with Crippen molar-refractivity contribution in [1.82, 2.24) is 19.8 Å². The zero-order chi connectivity index (χ0) is 18.1. The zero-order valence-electron chi connectivity index (χ0n) is 14.0. The van der Waals surface area contributed by atoms with E-state index in [1.54, 1.807) is 22.2 Å². The molecule has 1 fully saturated rings. The second kappa shape index (κ2) is 6.92. The number of hydrogen-bond acceptors (Lipinski definition) is 3. The average Bonchev–Trinajstić information content (AvgIpc) is 3.15. The van der Waals surface area contributed by atoms with Gasteiger partial charge in [-0.1, -0.05) is 22.0 Å². The number of carbonyl (C=O) groups excluding carboxylic acids is 2. The number of aromatic nitrogens is 2. The van der Waals surface area contributed by atoms with Crippen LogP contribution in [-0.4, -0.2) is 57.8 Å². The average molecular weight is 413 g/mol. The Morgan fingerprint density at radius 3 is 2.23 bits per heavy atom. The molecule has 132 valence electrons. The fourth-order valence-electron chi connectivity index (χ4n) is 3.17. The molecule has 1 saturated heterocycles. The minimum Gasteiger partial charge on any atom is -0.345 e. The fraction of sp³-hybridized carbons (Fsp3) is 0.211. The van der Waals surface area contributed by atoms with Crippen LogP contribution in [0.2, 0.25) is 0 Å². The Labute approximate surface area is 158 Å². The van der Waals surface area contributed by atoms with Gasteiger partial charge in [-0.05, 0) is 36.4 Å². The lowest BCUT2D eigenvalue weighted by Crippen LogP contribution is -2.50. The summed E-state index contributed by atoms with van der Waals surface area (Å²) in [5.41, 5.74) is 2.97. The Kier molecular flexibility index (Phi) is 4.46. The quantitative estimate of drug-likeness (QED) is 0.703. The topological polar surface area (TPSA) is 69.3 Å². The summed E-state index contributed by atoms with van der Waals surface area (Å²) in [5.74, 6) is -0.0201. The van der Waals surface area contributed by atoms with E-state index in [0.29, 0.717) is 37.3 Å². The first-order valence-electron chi connectivity index (χ1n) is 8.39. The van der Waals surface area contributed by atoms with Crippen LogP contribution in [0.1, 0.15) is 20.7 Å². The van der Waals surface area contributed by atoms with Gasteiger partial charge in [0.25, 0.3) is 11.8 Å². The van der Waals surface area contributed by atoms with Crippen molar-refractivity contribution in [2.45, 2.75) is 0 Å². The number of imidazole rings is 1. The van der Waals surface area contributed by atoms with Crippen LogP contribution in [0.3, 0.4) is 0 Å². The monoisotopic (exact) mass is 412 g/mol. The number of carbonyl (C=O) groups is 2. The molecule has 26 heavy (non-hydrogen) atoms. The van der Waals surface area contributed by atoms with Crippen LogP contribution in [0.5, 0.6) is 0 Å². The number of halogens is 1. The van der Waals surface area contributed by atoms with Crippen molar-refractivity contribution in [2.75, 3.05) is 26.2 Å². The van der Waals surface area contributed by atoms with Crippen LogP contribution in [0.15, 0.2) is 53.3 Å². The molecule has 0 unspecified atom stereocenters. The molecule has 0 atom stereocenters. The van der Waals surface area contributed by atoms with E-state index in [1.807, 2.05) is 36.4 Å². The predicted molar refractivity (Wildman–Crippen MR) is 102 cm³/mol. The third kappa shape index (κ3) is 3.22. The first-order chi connectivity index (χ1) is 12.6. The maximum Gasteiger partial charge on any atom is 0.254 e. The molecule has 0 saturated carbocycles. The number of aromatic amines is 1. The summed E-state index contributed by atoms with van der Waals surface area (Å²) in [6, 6.07) is 12.8. The van der Waals surface area contributed by atoms with Gasteiger partial charge in [-0.2, -0.15) is 0 Å². The molecule has 1 aromatic heterocycles. The van der Waals surface area contributed by atoms with Gasteiger partial charge >= 0.3 is 0 Å². The van der Waals surface area contributed by atoms with Gasteiger partial charge in [-0.3, -0.25) is 9.59 Å². The van der Waals surface area contributed by atoms with Crippen molar-refractivity contribution in [1.29, 1.82) is 0 Å². The highest BCUT2D eigenvalue weighted by Crippen LogP contribution is 2.17. The standard InChI is InChI=1S/C19H17BrN4O2/c20-15-3-1-2-13(10-15)18(25)23-6-8-24(9-7-23)19(26)14-4-5-16-17(11-14)22-12-21-16/h1-5,10-12H,6-9H2,(H,21,22). The number of benzene rings is 2. The second-order valence-electron chi connectivity index (χ2n) is 6.23. The molecule has 3 aromatic rings. The Morgan fingerprint density at radius 2 is 1.58 bits per heavy atom. The Morgan fingerprint density at radius 1 is 0.923 bits per heavy atom. The predicted octanol–water partition coefficient (Wildman–Crippen LogP) is 2.92. The molecule has 1 aliphatic rings. The molecule has 2 amide bonds. The number of H-pyrrole nitrogens is 1. The van der Waals surface area contributed by atoms with Crippen molar-refractivity contribution in [3.05, 3.63) is 64.4 Å². The summed E-state index contributed by atoms with van der Waals surface area (Å²) in [5, 5.41) is 0. The SMILES string of the molecule is O=C(c1cccc(Br)c1)N1CCN(C(=O)c2ccc3nc[nH]c3c2)CC1. The molecule has 4 rings (SSSR count). The van der Waals surface area contributed by atoms with E-state index in [2.05, 4.69) is 25.9 Å². The van der Waals surface area contributed by atoms with Gasteiger partial charge in [0.15, 0.2) is 0 Å². The van der Waals surface area contributed by atoms with Gasteiger partial charge in [0.2, 0.25) is 0 Å².